The van der Waals surface area contributed by atoms with Crippen LogP contribution < -0.4 is 15.0 Å². The SMILES string of the molecule is CC#Cc1c(F)ccc2cc(O)cc(-c3c(Cl)cc4c(N5CC6CCC(C5)N6)nc(OC[C@@H]5CCCN5C)nc4c3F)c12. The topological polar surface area (TPSA) is 73.8 Å². The summed E-state index contributed by atoms with van der Waals surface area (Å²) in [5, 5.41) is 15.7. The van der Waals surface area contributed by atoms with Crippen LogP contribution in [0.5, 0.6) is 11.8 Å². The number of likely N-dealkylation sites (N-methyl/N-ethyl adjacent to an activating group) is 1. The molecule has 0 radical (unpaired) electrons. The first-order chi connectivity index (χ1) is 20.8. The van der Waals surface area contributed by atoms with E-state index in [2.05, 4.69) is 39.0 Å². The molecule has 0 amide bonds. The number of hydrogen-bond donors (Lipinski definition) is 2. The number of likely N-dealkylation sites (tertiary alicyclic amines) is 1. The second-order valence-electron chi connectivity index (χ2n) is 11.8. The Balaban J connectivity index is 1.43. The summed E-state index contributed by atoms with van der Waals surface area (Å²) in [4.78, 5) is 13.8. The van der Waals surface area contributed by atoms with Gasteiger partial charge in [-0.25, -0.2) is 8.78 Å². The van der Waals surface area contributed by atoms with E-state index in [4.69, 9.17) is 21.3 Å². The number of aromatic hydroxyl groups is 1. The molecule has 1 aromatic heterocycles. The van der Waals surface area contributed by atoms with Gasteiger partial charge in [0.2, 0.25) is 0 Å². The molecule has 0 saturated carbocycles. The zero-order valence-corrected chi connectivity index (χ0v) is 24.8. The number of nitrogens with zero attached hydrogens (tertiary/aromatic N) is 4. The molecule has 4 aromatic rings. The minimum atomic E-state index is -0.696. The van der Waals surface area contributed by atoms with E-state index in [1.165, 1.54) is 24.3 Å². The highest BCUT2D eigenvalue weighted by atomic mass is 35.5. The van der Waals surface area contributed by atoms with Crippen molar-refractivity contribution in [2.24, 2.45) is 0 Å². The van der Waals surface area contributed by atoms with Crippen LogP contribution in [0.2, 0.25) is 5.02 Å². The van der Waals surface area contributed by atoms with Gasteiger partial charge in [0, 0.05) is 47.6 Å². The molecule has 3 aromatic carbocycles. The number of aromatic nitrogens is 2. The monoisotopic (exact) mass is 603 g/mol. The van der Waals surface area contributed by atoms with Crippen LogP contribution in [0.25, 0.3) is 32.8 Å². The van der Waals surface area contributed by atoms with Gasteiger partial charge in [-0.05, 0) is 81.4 Å². The van der Waals surface area contributed by atoms with Crippen molar-refractivity contribution in [3.63, 3.8) is 0 Å². The molecule has 0 aliphatic carbocycles. The molecule has 10 heteroatoms. The maximum absolute atomic E-state index is 16.9. The first-order valence-electron chi connectivity index (χ1n) is 14.7. The Morgan fingerprint density at radius 3 is 2.63 bits per heavy atom. The minimum Gasteiger partial charge on any atom is -0.508 e. The molecular formula is C33H32ClF2N5O2. The Labute approximate surface area is 253 Å². The number of phenolic OH excluding ortho intramolecular Hbond substituents is 1. The number of benzene rings is 3. The molecule has 3 fully saturated rings. The number of anilines is 1. The second kappa shape index (κ2) is 11.1. The first-order valence-corrected chi connectivity index (χ1v) is 15.1. The Bertz CT molecular complexity index is 1810. The number of piperazine rings is 1. The summed E-state index contributed by atoms with van der Waals surface area (Å²) in [5.41, 5.74) is 0.398. The van der Waals surface area contributed by atoms with Crippen LogP contribution in [-0.2, 0) is 0 Å². The summed E-state index contributed by atoms with van der Waals surface area (Å²) in [6.07, 6.45) is 4.25. The van der Waals surface area contributed by atoms with E-state index in [-0.39, 0.29) is 45.0 Å². The Morgan fingerprint density at radius 1 is 1.12 bits per heavy atom. The van der Waals surface area contributed by atoms with Crippen LogP contribution >= 0.6 is 11.6 Å². The molecule has 3 aliphatic heterocycles. The van der Waals surface area contributed by atoms with E-state index >= 15 is 8.78 Å². The maximum atomic E-state index is 16.9. The quantitative estimate of drug-likeness (QED) is 0.276. The average molecular weight is 604 g/mol. The van der Waals surface area contributed by atoms with Crippen LogP contribution in [-0.4, -0.2) is 71.4 Å². The second-order valence-corrected chi connectivity index (χ2v) is 12.2. The normalized spacial score (nSPS) is 21.9. The highest BCUT2D eigenvalue weighted by Crippen LogP contribution is 2.44. The van der Waals surface area contributed by atoms with Gasteiger partial charge in [0.1, 0.15) is 29.5 Å². The summed E-state index contributed by atoms with van der Waals surface area (Å²) in [5.74, 6) is 4.79. The average Bonchev–Trinajstić information content (AvgIpc) is 3.56. The molecule has 2 bridgehead atoms. The molecule has 3 aliphatic rings. The van der Waals surface area contributed by atoms with Gasteiger partial charge < -0.3 is 25.0 Å². The van der Waals surface area contributed by atoms with Crippen molar-refractivity contribution in [1.29, 1.82) is 0 Å². The lowest BCUT2D eigenvalue weighted by molar-refractivity contribution is 0.188. The van der Waals surface area contributed by atoms with Crippen molar-refractivity contribution in [2.45, 2.75) is 50.7 Å². The highest BCUT2D eigenvalue weighted by molar-refractivity contribution is 6.35. The first kappa shape index (κ1) is 28.1. The van der Waals surface area contributed by atoms with Crippen LogP contribution in [0, 0.1) is 23.5 Å². The smallest absolute Gasteiger partial charge is 0.319 e. The molecular weight excluding hydrogens is 572 g/mol. The number of phenols is 1. The van der Waals surface area contributed by atoms with E-state index in [1.54, 1.807) is 13.0 Å². The molecule has 43 heavy (non-hydrogen) atoms. The van der Waals surface area contributed by atoms with E-state index in [9.17, 15) is 5.11 Å². The Morgan fingerprint density at radius 2 is 1.91 bits per heavy atom. The fourth-order valence-electron chi connectivity index (χ4n) is 6.91. The van der Waals surface area contributed by atoms with Crippen LogP contribution in [0.1, 0.15) is 38.2 Å². The molecule has 7 rings (SSSR count). The maximum Gasteiger partial charge on any atom is 0.319 e. The van der Waals surface area contributed by atoms with Crippen molar-refractivity contribution >= 4 is 39.1 Å². The van der Waals surface area contributed by atoms with Crippen LogP contribution in [0.4, 0.5) is 14.6 Å². The van der Waals surface area contributed by atoms with E-state index in [0.29, 0.717) is 40.7 Å². The lowest BCUT2D eigenvalue weighted by Gasteiger charge is -2.34. The van der Waals surface area contributed by atoms with E-state index in [0.717, 1.165) is 45.3 Å². The molecule has 0 spiro atoms. The minimum absolute atomic E-state index is 0.00586. The fraction of sp³-hybridized carbons (Fsp3) is 0.394. The number of fused-ring (bicyclic) bond motifs is 4. The summed E-state index contributed by atoms with van der Waals surface area (Å²) < 4.78 is 38.1. The van der Waals surface area contributed by atoms with Gasteiger partial charge in [-0.3, -0.25) is 0 Å². The van der Waals surface area contributed by atoms with Crippen molar-refractivity contribution < 1.29 is 18.6 Å². The van der Waals surface area contributed by atoms with Crippen molar-refractivity contribution in [3.05, 3.63) is 52.6 Å². The number of halogens is 3. The van der Waals surface area contributed by atoms with Crippen LogP contribution in [0.3, 0.4) is 0 Å². The van der Waals surface area contributed by atoms with Gasteiger partial charge in [-0.1, -0.05) is 23.6 Å². The third kappa shape index (κ3) is 5.01. The third-order valence-corrected chi connectivity index (χ3v) is 9.30. The van der Waals surface area contributed by atoms with E-state index in [1.807, 2.05) is 0 Å². The number of rotatable bonds is 5. The molecule has 2 unspecified atom stereocenters. The Kier molecular flexibility index (Phi) is 7.24. The van der Waals surface area contributed by atoms with Crippen molar-refractivity contribution in [3.8, 4) is 34.7 Å². The molecule has 7 nitrogen and oxygen atoms in total. The van der Waals surface area contributed by atoms with Gasteiger partial charge >= 0.3 is 6.01 Å². The van der Waals surface area contributed by atoms with E-state index < -0.39 is 11.6 Å². The van der Waals surface area contributed by atoms with Gasteiger partial charge in [-0.2, -0.15) is 9.97 Å². The summed E-state index contributed by atoms with van der Waals surface area (Å²) in [6, 6.07) is 8.36. The summed E-state index contributed by atoms with van der Waals surface area (Å²) >= 11 is 6.87. The number of hydrogen-bond acceptors (Lipinski definition) is 7. The Hall–Kier alpha value is -3.71. The molecule has 3 atom stereocenters. The number of ether oxygens (including phenoxy) is 1. The van der Waals surface area contributed by atoms with Gasteiger partial charge in [0.25, 0.3) is 0 Å². The zero-order chi connectivity index (χ0) is 29.8. The molecule has 4 heterocycles. The highest BCUT2D eigenvalue weighted by Gasteiger charge is 2.34. The van der Waals surface area contributed by atoms with Crippen molar-refractivity contribution in [2.75, 3.05) is 38.2 Å². The molecule has 3 saturated heterocycles. The van der Waals surface area contributed by atoms with Crippen LogP contribution in [0.15, 0.2) is 30.3 Å². The third-order valence-electron chi connectivity index (χ3n) is 9.01. The standard InChI is InChI=1S/C33H32ClF2N5O2/c1-3-5-23-27(35)10-7-18-12-22(42)13-24(28(18)23)29-26(34)14-25-31(30(29)36)38-33(43-17-21-6-4-11-40(21)2)39-32(25)41-15-19-8-9-20(16-41)37-19/h7,10,12-14,19-21,37,42H,4,6,8-9,11,15-17H2,1-2H3/t19?,20?,21-/m0/s1. The predicted molar refractivity (Wildman–Crippen MR) is 165 cm³/mol. The van der Waals surface area contributed by atoms with Gasteiger partial charge in [0.05, 0.1) is 10.6 Å². The zero-order valence-electron chi connectivity index (χ0n) is 24.1. The fourth-order valence-corrected chi connectivity index (χ4v) is 7.21. The lowest BCUT2D eigenvalue weighted by atomic mass is 9.92. The molecule has 2 N–H and O–H groups in total. The summed E-state index contributed by atoms with van der Waals surface area (Å²) in [6.45, 7) is 4.45. The predicted octanol–water partition coefficient (Wildman–Crippen LogP) is 5.87. The van der Waals surface area contributed by atoms with Gasteiger partial charge in [0.15, 0.2) is 5.82 Å². The summed E-state index contributed by atoms with van der Waals surface area (Å²) in [7, 11) is 2.07. The number of nitrogens with one attached hydrogen (secondary N) is 1. The largest absolute Gasteiger partial charge is 0.508 e. The molecule has 222 valence electrons. The van der Waals surface area contributed by atoms with Crippen molar-refractivity contribution in [1.82, 2.24) is 20.2 Å². The lowest BCUT2D eigenvalue weighted by Crippen LogP contribution is -2.51. The van der Waals surface area contributed by atoms with Gasteiger partial charge in [-0.15, -0.1) is 5.92 Å².